The van der Waals surface area contributed by atoms with Gasteiger partial charge in [-0.2, -0.15) is 0 Å². The number of piperazine rings is 1. The molecule has 0 aromatic rings. The van der Waals surface area contributed by atoms with Gasteiger partial charge in [-0.3, -0.25) is 4.90 Å². The molecule has 0 aromatic heterocycles. The van der Waals surface area contributed by atoms with Crippen LogP contribution in [-0.2, 0) is 0 Å². The van der Waals surface area contributed by atoms with Gasteiger partial charge in [-0.15, -0.1) is 0 Å². The van der Waals surface area contributed by atoms with Crippen molar-refractivity contribution < 1.29 is 0 Å². The summed E-state index contributed by atoms with van der Waals surface area (Å²) in [6.07, 6.45) is 2.47. The van der Waals surface area contributed by atoms with E-state index in [1.807, 2.05) is 0 Å². The molecule has 3 heteroatoms. The summed E-state index contributed by atoms with van der Waals surface area (Å²) in [6, 6.07) is 0. The van der Waals surface area contributed by atoms with E-state index >= 15 is 0 Å². The van der Waals surface area contributed by atoms with E-state index in [0.717, 1.165) is 13.1 Å². The molecule has 0 aromatic carbocycles. The molecule has 1 rings (SSSR count). The van der Waals surface area contributed by atoms with Crippen LogP contribution in [-0.4, -0.2) is 54.6 Å². The third-order valence-corrected chi connectivity index (χ3v) is 4.27. The number of hydrogen-bond acceptors (Lipinski definition) is 3. The number of rotatable bonds is 5. The third-order valence-electron chi connectivity index (χ3n) is 4.27. The minimum Gasteiger partial charge on any atom is -0.330 e. The quantitative estimate of drug-likeness (QED) is 0.817. The lowest BCUT2D eigenvalue weighted by atomic mass is 9.85. The van der Waals surface area contributed by atoms with Crippen LogP contribution >= 0.6 is 0 Å². The van der Waals surface area contributed by atoms with E-state index in [2.05, 4.69) is 44.4 Å². The highest BCUT2D eigenvalue weighted by Crippen LogP contribution is 2.24. The first-order chi connectivity index (χ1) is 8.30. The Morgan fingerprint density at radius 3 is 1.94 bits per heavy atom. The van der Waals surface area contributed by atoms with Crippen LogP contribution in [0.25, 0.3) is 0 Å². The summed E-state index contributed by atoms with van der Waals surface area (Å²) in [7, 11) is 0. The van der Waals surface area contributed by atoms with Crippen LogP contribution in [0.5, 0.6) is 0 Å². The first kappa shape index (κ1) is 15.9. The average molecular weight is 255 g/mol. The van der Waals surface area contributed by atoms with Crippen LogP contribution in [0.2, 0.25) is 0 Å². The Morgan fingerprint density at radius 2 is 1.56 bits per heavy atom. The molecule has 108 valence electrons. The van der Waals surface area contributed by atoms with Gasteiger partial charge in [0.1, 0.15) is 0 Å². The zero-order chi connectivity index (χ0) is 13.8. The SMILES string of the molecule is CCCC(C)(CN)CN1CCN(C(C)(C)C)CC1. The van der Waals surface area contributed by atoms with Crippen LogP contribution in [0, 0.1) is 5.41 Å². The fourth-order valence-electron chi connectivity index (χ4n) is 2.97. The second-order valence-corrected chi connectivity index (χ2v) is 7.20. The van der Waals surface area contributed by atoms with Crippen molar-refractivity contribution in [1.29, 1.82) is 0 Å². The molecule has 1 atom stereocenters. The Labute approximate surface area is 114 Å². The number of nitrogens with zero attached hydrogens (tertiary/aromatic N) is 2. The third kappa shape index (κ3) is 4.52. The van der Waals surface area contributed by atoms with Crippen LogP contribution in [0.4, 0.5) is 0 Å². The number of nitrogens with two attached hydrogens (primary N) is 1. The van der Waals surface area contributed by atoms with Crippen molar-refractivity contribution in [2.75, 3.05) is 39.3 Å². The number of hydrogen-bond donors (Lipinski definition) is 1. The van der Waals surface area contributed by atoms with Crippen molar-refractivity contribution in [3.8, 4) is 0 Å². The Bertz CT molecular complexity index is 239. The van der Waals surface area contributed by atoms with Gasteiger partial charge in [0.15, 0.2) is 0 Å². The monoisotopic (exact) mass is 255 g/mol. The average Bonchev–Trinajstić information content (AvgIpc) is 2.29. The Balaban J connectivity index is 2.44. The highest BCUT2D eigenvalue weighted by atomic mass is 15.3. The van der Waals surface area contributed by atoms with Crippen molar-refractivity contribution in [1.82, 2.24) is 9.80 Å². The van der Waals surface area contributed by atoms with E-state index < -0.39 is 0 Å². The molecule has 1 unspecified atom stereocenters. The molecule has 1 aliphatic heterocycles. The van der Waals surface area contributed by atoms with Crippen molar-refractivity contribution in [2.45, 2.75) is 53.0 Å². The molecule has 1 aliphatic rings. The van der Waals surface area contributed by atoms with E-state index in [-0.39, 0.29) is 0 Å². The van der Waals surface area contributed by atoms with Crippen molar-refractivity contribution in [3.63, 3.8) is 0 Å². The zero-order valence-electron chi connectivity index (χ0n) is 13.1. The standard InChI is InChI=1S/C15H33N3/c1-6-7-15(5,12-16)13-17-8-10-18(11-9-17)14(2,3)4/h6-13,16H2,1-5H3. The van der Waals surface area contributed by atoms with Gasteiger partial charge in [-0.1, -0.05) is 20.3 Å². The molecule has 3 nitrogen and oxygen atoms in total. The molecule has 2 N–H and O–H groups in total. The second kappa shape index (κ2) is 6.36. The highest BCUT2D eigenvalue weighted by molar-refractivity contribution is 4.85. The minimum absolute atomic E-state index is 0.304. The maximum Gasteiger partial charge on any atom is 0.0126 e. The summed E-state index contributed by atoms with van der Waals surface area (Å²) >= 11 is 0. The summed E-state index contributed by atoms with van der Waals surface area (Å²) in [4.78, 5) is 5.19. The van der Waals surface area contributed by atoms with E-state index in [9.17, 15) is 0 Å². The first-order valence-electron chi connectivity index (χ1n) is 7.48. The van der Waals surface area contributed by atoms with Gasteiger partial charge in [0, 0.05) is 38.3 Å². The largest absolute Gasteiger partial charge is 0.330 e. The Kier molecular flexibility index (Phi) is 5.63. The summed E-state index contributed by atoms with van der Waals surface area (Å²) < 4.78 is 0. The minimum atomic E-state index is 0.304. The second-order valence-electron chi connectivity index (χ2n) is 7.20. The molecule has 0 amide bonds. The van der Waals surface area contributed by atoms with Gasteiger partial charge in [-0.05, 0) is 39.2 Å². The topological polar surface area (TPSA) is 32.5 Å². The Morgan fingerprint density at radius 1 is 1.00 bits per heavy atom. The van der Waals surface area contributed by atoms with E-state index in [1.165, 1.54) is 39.0 Å². The van der Waals surface area contributed by atoms with Crippen LogP contribution in [0.15, 0.2) is 0 Å². The summed E-state index contributed by atoms with van der Waals surface area (Å²) in [5.41, 5.74) is 6.59. The van der Waals surface area contributed by atoms with Crippen LogP contribution < -0.4 is 5.73 Å². The molecule has 0 saturated carbocycles. The molecule has 1 heterocycles. The maximum absolute atomic E-state index is 5.97. The molecule has 0 aliphatic carbocycles. The van der Waals surface area contributed by atoms with Crippen molar-refractivity contribution in [3.05, 3.63) is 0 Å². The molecular weight excluding hydrogens is 222 g/mol. The van der Waals surface area contributed by atoms with Gasteiger partial charge >= 0.3 is 0 Å². The molecular formula is C15H33N3. The summed E-state index contributed by atoms with van der Waals surface area (Å²) in [5.74, 6) is 0. The van der Waals surface area contributed by atoms with Crippen molar-refractivity contribution >= 4 is 0 Å². The predicted molar refractivity (Wildman–Crippen MR) is 79.8 cm³/mol. The van der Waals surface area contributed by atoms with E-state index in [0.29, 0.717) is 11.0 Å². The summed E-state index contributed by atoms with van der Waals surface area (Å²) in [5, 5.41) is 0. The summed E-state index contributed by atoms with van der Waals surface area (Å²) in [6.45, 7) is 18.3. The van der Waals surface area contributed by atoms with Gasteiger partial charge in [0.05, 0.1) is 0 Å². The van der Waals surface area contributed by atoms with Gasteiger partial charge in [0.2, 0.25) is 0 Å². The first-order valence-corrected chi connectivity index (χ1v) is 7.48. The van der Waals surface area contributed by atoms with E-state index in [1.54, 1.807) is 0 Å². The fraction of sp³-hybridized carbons (Fsp3) is 1.00. The Hall–Kier alpha value is -0.120. The fourth-order valence-corrected chi connectivity index (χ4v) is 2.97. The maximum atomic E-state index is 5.97. The van der Waals surface area contributed by atoms with Gasteiger partial charge < -0.3 is 10.6 Å². The van der Waals surface area contributed by atoms with Crippen LogP contribution in [0.1, 0.15) is 47.5 Å². The van der Waals surface area contributed by atoms with Crippen LogP contribution in [0.3, 0.4) is 0 Å². The van der Waals surface area contributed by atoms with E-state index in [4.69, 9.17) is 5.73 Å². The lowest BCUT2D eigenvalue weighted by Gasteiger charge is -2.44. The predicted octanol–water partition coefficient (Wildman–Crippen LogP) is 2.17. The smallest absolute Gasteiger partial charge is 0.0126 e. The normalized spacial score (nSPS) is 23.0. The highest BCUT2D eigenvalue weighted by Gasteiger charge is 2.29. The molecule has 0 radical (unpaired) electrons. The lowest BCUT2D eigenvalue weighted by molar-refractivity contribution is 0.0422. The van der Waals surface area contributed by atoms with Crippen molar-refractivity contribution in [2.24, 2.45) is 11.1 Å². The van der Waals surface area contributed by atoms with Gasteiger partial charge in [0.25, 0.3) is 0 Å². The molecule has 1 saturated heterocycles. The molecule has 0 bridgehead atoms. The zero-order valence-corrected chi connectivity index (χ0v) is 13.1. The molecule has 18 heavy (non-hydrogen) atoms. The lowest BCUT2D eigenvalue weighted by Crippen LogP contribution is -2.55. The molecule has 0 spiro atoms. The van der Waals surface area contributed by atoms with Gasteiger partial charge in [-0.25, -0.2) is 0 Å². The molecule has 1 fully saturated rings.